The fourth-order valence-corrected chi connectivity index (χ4v) is 6.10. The average molecular weight is 741 g/mol. The summed E-state index contributed by atoms with van der Waals surface area (Å²) in [5.74, 6) is -2.58. The third-order valence-electron chi connectivity index (χ3n) is 9.16. The van der Waals surface area contributed by atoms with Crippen molar-refractivity contribution in [2.24, 2.45) is 0 Å². The van der Waals surface area contributed by atoms with Crippen molar-refractivity contribution >= 4 is 12.0 Å². The molecule has 11 N–H and O–H groups in total. The van der Waals surface area contributed by atoms with Gasteiger partial charge in [-0.05, 0) is 54.8 Å². The number of aromatic hydroxyl groups is 4. The van der Waals surface area contributed by atoms with Crippen LogP contribution in [0.15, 0.2) is 42.5 Å². The first kappa shape index (κ1) is 39.6. The lowest BCUT2D eigenvalue weighted by atomic mass is 9.90. The molecule has 3 heterocycles. The van der Waals surface area contributed by atoms with Gasteiger partial charge in [0, 0.05) is 12.5 Å². The van der Waals surface area contributed by atoms with Crippen molar-refractivity contribution in [3.05, 3.63) is 53.6 Å². The predicted octanol–water partition coefficient (Wildman–Crippen LogP) is -2.14. The number of ether oxygens (including phenoxy) is 6. The predicted molar refractivity (Wildman–Crippen MR) is 172 cm³/mol. The van der Waals surface area contributed by atoms with Crippen molar-refractivity contribution in [3.8, 4) is 23.0 Å². The summed E-state index contributed by atoms with van der Waals surface area (Å²) in [6.07, 6.45) is -19.7. The van der Waals surface area contributed by atoms with Crippen molar-refractivity contribution in [2.45, 2.75) is 106 Å². The van der Waals surface area contributed by atoms with E-state index < -0.39 is 103 Å². The van der Waals surface area contributed by atoms with Gasteiger partial charge in [0.2, 0.25) is 0 Å². The Labute approximate surface area is 296 Å². The van der Waals surface area contributed by atoms with E-state index in [1.165, 1.54) is 49.4 Å². The Hall–Kier alpha value is -3.63. The number of hydrogen-bond donors (Lipinski definition) is 11. The molecule has 18 nitrogen and oxygen atoms in total. The van der Waals surface area contributed by atoms with Gasteiger partial charge in [-0.25, -0.2) is 4.79 Å². The molecule has 0 aliphatic carbocycles. The lowest BCUT2D eigenvalue weighted by molar-refractivity contribution is -0.358. The maximum atomic E-state index is 13.3. The molecule has 288 valence electrons. The lowest BCUT2D eigenvalue weighted by Gasteiger charge is -2.48. The minimum absolute atomic E-state index is 0.143. The Morgan fingerprint density at radius 2 is 1.44 bits per heavy atom. The zero-order chi connectivity index (χ0) is 37.9. The van der Waals surface area contributed by atoms with Crippen molar-refractivity contribution < 1.29 is 89.4 Å². The number of phenolic OH excluding ortho intramolecular Hbond substituents is 4. The molecule has 0 saturated carbocycles. The Kier molecular flexibility index (Phi) is 12.9. The SMILES string of the molecule is CC1OC(OC2C(O)C(OCCc3ccc(O)c(O)c3)OC(CC3OCC(O)C(O)C3O)C2OC(=O)C=Cc2ccc(O)c(O)c2)C(O)C(O)C1O. The van der Waals surface area contributed by atoms with Crippen LogP contribution >= 0.6 is 0 Å². The van der Waals surface area contributed by atoms with Crippen molar-refractivity contribution in [2.75, 3.05) is 13.2 Å². The summed E-state index contributed by atoms with van der Waals surface area (Å²) < 4.78 is 34.8. The number of carbonyl (C=O) groups excluding carboxylic acids is 1. The van der Waals surface area contributed by atoms with Crippen LogP contribution in [0.3, 0.4) is 0 Å². The standard InChI is InChI=1S/C34H44O18/c1-14-25(41)28(44)29(45)34(49-14)52-32-30(46)33(47-9-8-16-3-6-18(36)20(38)11-16)50-23(12-22-27(43)26(42)21(39)13-48-22)31(32)51-24(40)7-4-15-2-5-17(35)19(37)10-15/h2-7,10-11,14,21-23,25-39,41-46H,8-9,12-13H2,1H3. The van der Waals surface area contributed by atoms with E-state index in [0.717, 1.165) is 6.08 Å². The van der Waals surface area contributed by atoms with E-state index in [1.807, 2.05) is 0 Å². The highest BCUT2D eigenvalue weighted by atomic mass is 16.7. The van der Waals surface area contributed by atoms with Crippen LogP contribution in [0.4, 0.5) is 0 Å². The summed E-state index contributed by atoms with van der Waals surface area (Å²) in [5, 5.41) is 113. The van der Waals surface area contributed by atoms with E-state index in [2.05, 4.69) is 0 Å². The number of carbonyl (C=O) groups is 1. The third kappa shape index (κ3) is 9.11. The second-order valence-electron chi connectivity index (χ2n) is 12.9. The Bertz CT molecular complexity index is 1540. The molecule has 3 saturated heterocycles. The molecule has 0 bridgehead atoms. The molecule has 3 aliphatic rings. The summed E-state index contributed by atoms with van der Waals surface area (Å²) in [5.41, 5.74) is 0.829. The number of phenols is 4. The van der Waals surface area contributed by atoms with E-state index >= 15 is 0 Å². The molecular weight excluding hydrogens is 696 g/mol. The normalized spacial score (nSPS) is 36.8. The molecule has 0 amide bonds. The van der Waals surface area contributed by atoms with Gasteiger partial charge in [0.1, 0.15) is 54.9 Å². The fraction of sp³-hybridized carbons (Fsp3) is 0.559. The number of aliphatic hydroxyl groups excluding tert-OH is 7. The molecule has 3 aliphatic heterocycles. The minimum Gasteiger partial charge on any atom is -0.504 e. The van der Waals surface area contributed by atoms with Crippen LogP contribution < -0.4 is 0 Å². The maximum absolute atomic E-state index is 13.3. The van der Waals surface area contributed by atoms with Gasteiger partial charge in [-0.15, -0.1) is 0 Å². The molecule has 2 aromatic carbocycles. The van der Waals surface area contributed by atoms with Crippen molar-refractivity contribution in [1.29, 1.82) is 0 Å². The maximum Gasteiger partial charge on any atom is 0.331 e. The van der Waals surface area contributed by atoms with Crippen LogP contribution in [0.25, 0.3) is 6.08 Å². The molecule has 18 heteroatoms. The van der Waals surface area contributed by atoms with Gasteiger partial charge in [0.05, 0.1) is 25.4 Å². The number of aliphatic hydroxyl groups is 7. The van der Waals surface area contributed by atoms with Gasteiger partial charge in [-0.3, -0.25) is 0 Å². The molecule has 2 aromatic rings. The molecule has 0 spiro atoms. The van der Waals surface area contributed by atoms with E-state index in [9.17, 15) is 61.0 Å². The third-order valence-corrected chi connectivity index (χ3v) is 9.16. The monoisotopic (exact) mass is 740 g/mol. The summed E-state index contributed by atoms with van der Waals surface area (Å²) in [7, 11) is 0. The second kappa shape index (κ2) is 17.0. The summed E-state index contributed by atoms with van der Waals surface area (Å²) >= 11 is 0. The van der Waals surface area contributed by atoms with E-state index in [-0.39, 0.29) is 37.6 Å². The van der Waals surface area contributed by atoms with Gasteiger partial charge in [-0.1, -0.05) is 12.1 Å². The van der Waals surface area contributed by atoms with Gasteiger partial charge in [0.25, 0.3) is 0 Å². The minimum atomic E-state index is -1.85. The van der Waals surface area contributed by atoms with Crippen molar-refractivity contribution in [1.82, 2.24) is 0 Å². The second-order valence-corrected chi connectivity index (χ2v) is 12.9. The van der Waals surface area contributed by atoms with Gasteiger partial charge in [0.15, 0.2) is 41.7 Å². The fourth-order valence-electron chi connectivity index (χ4n) is 6.10. The largest absolute Gasteiger partial charge is 0.504 e. The molecule has 14 atom stereocenters. The molecule has 0 aromatic heterocycles. The first-order chi connectivity index (χ1) is 24.6. The first-order valence-corrected chi connectivity index (χ1v) is 16.5. The van der Waals surface area contributed by atoms with Crippen LogP contribution in [0.1, 0.15) is 24.5 Å². The highest BCUT2D eigenvalue weighted by molar-refractivity contribution is 5.87. The number of esters is 1. The van der Waals surface area contributed by atoms with Crippen LogP contribution in [-0.2, 0) is 39.6 Å². The first-order valence-electron chi connectivity index (χ1n) is 16.5. The number of benzene rings is 2. The number of rotatable bonds is 11. The zero-order valence-electron chi connectivity index (χ0n) is 27.8. The molecule has 52 heavy (non-hydrogen) atoms. The van der Waals surface area contributed by atoms with Gasteiger partial charge < -0.3 is 84.6 Å². The Morgan fingerprint density at radius 3 is 2.13 bits per heavy atom. The molecular formula is C34H44O18. The van der Waals surface area contributed by atoms with Crippen molar-refractivity contribution in [3.63, 3.8) is 0 Å². The highest BCUT2D eigenvalue weighted by Crippen LogP contribution is 2.35. The molecule has 14 unspecified atom stereocenters. The Morgan fingerprint density at radius 1 is 0.750 bits per heavy atom. The van der Waals surface area contributed by atoms with Gasteiger partial charge in [-0.2, -0.15) is 0 Å². The van der Waals surface area contributed by atoms with E-state index in [4.69, 9.17) is 28.4 Å². The summed E-state index contributed by atoms with van der Waals surface area (Å²) in [6, 6.07) is 7.87. The smallest absolute Gasteiger partial charge is 0.331 e. The highest BCUT2D eigenvalue weighted by Gasteiger charge is 2.53. The van der Waals surface area contributed by atoms with E-state index in [0.29, 0.717) is 11.1 Å². The van der Waals surface area contributed by atoms with Crippen LogP contribution in [-0.4, -0.2) is 161 Å². The van der Waals surface area contributed by atoms with Crippen LogP contribution in [0, 0.1) is 0 Å². The quantitative estimate of drug-likeness (QED) is 0.0666. The summed E-state index contributed by atoms with van der Waals surface area (Å²) in [6.45, 7) is 0.887. The number of hydrogen-bond acceptors (Lipinski definition) is 18. The molecule has 5 rings (SSSR count). The average Bonchev–Trinajstić information content (AvgIpc) is 3.11. The zero-order valence-corrected chi connectivity index (χ0v) is 27.8. The summed E-state index contributed by atoms with van der Waals surface area (Å²) in [4.78, 5) is 13.3. The van der Waals surface area contributed by atoms with E-state index in [1.54, 1.807) is 0 Å². The topological polar surface area (TPSA) is 295 Å². The molecule has 3 fully saturated rings. The van der Waals surface area contributed by atoms with Crippen LogP contribution in [0.2, 0.25) is 0 Å². The lowest BCUT2D eigenvalue weighted by Crippen LogP contribution is -2.65. The van der Waals surface area contributed by atoms with Gasteiger partial charge >= 0.3 is 5.97 Å². The Balaban J connectivity index is 1.44. The molecule has 0 radical (unpaired) electrons. The van der Waals surface area contributed by atoms with Crippen LogP contribution in [0.5, 0.6) is 23.0 Å².